The molecule has 28 heavy (non-hydrogen) atoms. The van der Waals surface area contributed by atoms with Crippen LogP contribution < -0.4 is 16.6 Å². The number of nitrogens with one attached hydrogen (secondary N) is 1. The summed E-state index contributed by atoms with van der Waals surface area (Å²) in [5.74, 6) is -0.367. The average Bonchev–Trinajstić information content (AvgIpc) is 3.04. The van der Waals surface area contributed by atoms with E-state index >= 15 is 0 Å². The first-order valence-corrected chi connectivity index (χ1v) is 8.85. The predicted octanol–water partition coefficient (Wildman–Crippen LogP) is 0.563. The molecule has 0 aliphatic carbocycles. The van der Waals surface area contributed by atoms with E-state index < -0.39 is 0 Å². The fourth-order valence-electron chi connectivity index (χ4n) is 3.10. The highest BCUT2D eigenvalue weighted by atomic mass is 16.2. The first-order chi connectivity index (χ1) is 13.6. The van der Waals surface area contributed by atoms with Crippen molar-refractivity contribution in [2.45, 2.75) is 13.0 Å². The minimum absolute atomic E-state index is 0.197. The Hall–Kier alpha value is -3.75. The number of hydrogen-bond acceptors (Lipinski definition) is 5. The molecule has 1 N–H and O–H groups in total. The number of pyridine rings is 1. The Morgan fingerprint density at radius 2 is 1.79 bits per heavy atom. The van der Waals surface area contributed by atoms with Gasteiger partial charge in [0.25, 0.3) is 11.5 Å². The van der Waals surface area contributed by atoms with Gasteiger partial charge >= 0.3 is 5.69 Å². The second-order valence-corrected chi connectivity index (χ2v) is 6.37. The Morgan fingerprint density at radius 3 is 2.57 bits per heavy atom. The zero-order valence-corrected chi connectivity index (χ0v) is 15.2. The number of aromatic nitrogens is 5. The minimum atomic E-state index is -0.367. The third kappa shape index (κ3) is 3.07. The van der Waals surface area contributed by atoms with Crippen molar-refractivity contribution in [3.8, 4) is 0 Å². The second-order valence-electron chi connectivity index (χ2n) is 6.37. The van der Waals surface area contributed by atoms with Crippen LogP contribution in [-0.4, -0.2) is 36.4 Å². The van der Waals surface area contributed by atoms with E-state index in [0.29, 0.717) is 35.9 Å². The van der Waals surface area contributed by atoms with Gasteiger partial charge < -0.3 is 5.32 Å². The molecule has 0 aliphatic heterocycles. The Labute approximate surface area is 158 Å². The van der Waals surface area contributed by atoms with E-state index in [4.69, 9.17) is 0 Å². The van der Waals surface area contributed by atoms with Crippen LogP contribution in [0.1, 0.15) is 16.9 Å². The molecule has 0 fully saturated rings. The average molecular weight is 378 g/mol. The molecule has 4 rings (SSSR count). The molecule has 3 aromatic heterocycles. The lowest BCUT2D eigenvalue weighted by atomic mass is 10.1. The molecule has 0 bridgehead atoms. The maximum absolute atomic E-state index is 12.6. The SMILES string of the molecule is Cn1nc(C(=O)NCCCn2nc3ccccn3c2=O)c2ccccc2c1=O. The number of amides is 1. The molecule has 0 saturated carbocycles. The van der Waals surface area contributed by atoms with Crippen LogP contribution in [0.5, 0.6) is 0 Å². The van der Waals surface area contributed by atoms with Gasteiger partial charge in [-0.25, -0.2) is 14.2 Å². The zero-order valence-electron chi connectivity index (χ0n) is 15.2. The molecule has 0 radical (unpaired) electrons. The normalized spacial score (nSPS) is 11.2. The second kappa shape index (κ2) is 7.10. The van der Waals surface area contributed by atoms with E-state index in [0.717, 1.165) is 4.68 Å². The quantitative estimate of drug-likeness (QED) is 0.511. The van der Waals surface area contributed by atoms with E-state index in [2.05, 4.69) is 15.5 Å². The third-order valence-electron chi connectivity index (χ3n) is 4.49. The molecular formula is C19H18N6O3. The van der Waals surface area contributed by atoms with E-state index in [-0.39, 0.29) is 22.9 Å². The van der Waals surface area contributed by atoms with Crippen LogP contribution in [-0.2, 0) is 13.6 Å². The van der Waals surface area contributed by atoms with Gasteiger partial charge in [0, 0.05) is 31.7 Å². The van der Waals surface area contributed by atoms with Crippen LogP contribution in [0.4, 0.5) is 0 Å². The molecule has 1 amide bonds. The molecule has 0 aliphatic rings. The fourth-order valence-corrected chi connectivity index (χ4v) is 3.10. The summed E-state index contributed by atoms with van der Waals surface area (Å²) in [7, 11) is 1.52. The molecule has 3 heterocycles. The molecule has 9 nitrogen and oxygen atoms in total. The van der Waals surface area contributed by atoms with Gasteiger partial charge in [0.05, 0.1) is 5.39 Å². The van der Waals surface area contributed by atoms with E-state index in [1.54, 1.807) is 42.6 Å². The van der Waals surface area contributed by atoms with Crippen molar-refractivity contribution in [1.82, 2.24) is 29.3 Å². The van der Waals surface area contributed by atoms with Gasteiger partial charge in [0.15, 0.2) is 11.3 Å². The summed E-state index contributed by atoms with van der Waals surface area (Å²) in [6.45, 7) is 0.722. The van der Waals surface area contributed by atoms with Gasteiger partial charge in [-0.05, 0) is 24.6 Å². The van der Waals surface area contributed by atoms with E-state index in [1.165, 1.54) is 16.1 Å². The van der Waals surface area contributed by atoms with Gasteiger partial charge in [0.2, 0.25) is 0 Å². The van der Waals surface area contributed by atoms with Crippen LogP contribution in [0.15, 0.2) is 58.3 Å². The number of fused-ring (bicyclic) bond motifs is 2. The molecule has 4 aromatic rings. The Bertz CT molecular complexity index is 1300. The summed E-state index contributed by atoms with van der Waals surface area (Å²) in [5.41, 5.74) is 0.311. The van der Waals surface area contributed by atoms with Crippen molar-refractivity contribution in [2.75, 3.05) is 6.54 Å². The number of carbonyl (C=O) groups excluding carboxylic acids is 1. The lowest BCUT2D eigenvalue weighted by Gasteiger charge is -2.08. The largest absolute Gasteiger partial charge is 0.351 e. The van der Waals surface area contributed by atoms with Gasteiger partial charge in [-0.15, -0.1) is 5.10 Å². The monoisotopic (exact) mass is 378 g/mol. The van der Waals surface area contributed by atoms with Crippen molar-refractivity contribution in [3.63, 3.8) is 0 Å². The van der Waals surface area contributed by atoms with Gasteiger partial charge in [-0.3, -0.25) is 14.0 Å². The number of aryl methyl sites for hydroxylation is 2. The van der Waals surface area contributed by atoms with E-state index in [1.807, 2.05) is 6.07 Å². The van der Waals surface area contributed by atoms with Gasteiger partial charge in [-0.1, -0.05) is 24.3 Å². The van der Waals surface area contributed by atoms with Crippen molar-refractivity contribution in [2.24, 2.45) is 7.05 Å². The molecule has 142 valence electrons. The number of hydrogen-bond donors (Lipinski definition) is 1. The van der Waals surface area contributed by atoms with Crippen molar-refractivity contribution in [3.05, 3.63) is 75.2 Å². The Kier molecular flexibility index (Phi) is 4.48. The lowest BCUT2D eigenvalue weighted by Crippen LogP contribution is -2.31. The first kappa shape index (κ1) is 17.7. The zero-order chi connectivity index (χ0) is 19.7. The molecule has 9 heteroatoms. The molecular weight excluding hydrogens is 360 g/mol. The summed E-state index contributed by atoms with van der Waals surface area (Å²) in [5, 5.41) is 12.1. The van der Waals surface area contributed by atoms with Crippen molar-refractivity contribution in [1.29, 1.82) is 0 Å². The topological polar surface area (TPSA) is 103 Å². The Balaban J connectivity index is 1.46. The van der Waals surface area contributed by atoms with E-state index in [9.17, 15) is 14.4 Å². The molecule has 0 saturated heterocycles. The molecule has 1 aromatic carbocycles. The summed E-state index contributed by atoms with van der Waals surface area (Å²) in [4.78, 5) is 36.9. The highest BCUT2D eigenvalue weighted by Crippen LogP contribution is 2.12. The third-order valence-corrected chi connectivity index (χ3v) is 4.49. The van der Waals surface area contributed by atoms with Crippen molar-refractivity contribution >= 4 is 22.3 Å². The van der Waals surface area contributed by atoms with Gasteiger partial charge in [-0.2, -0.15) is 5.10 Å². The number of benzene rings is 1. The number of carbonyl (C=O) groups is 1. The summed E-state index contributed by atoms with van der Waals surface area (Å²) >= 11 is 0. The number of nitrogens with zero attached hydrogens (tertiary/aromatic N) is 5. The summed E-state index contributed by atoms with van der Waals surface area (Å²) in [6, 6.07) is 12.2. The molecule has 0 unspecified atom stereocenters. The summed E-state index contributed by atoms with van der Waals surface area (Å²) < 4.78 is 4.01. The lowest BCUT2D eigenvalue weighted by molar-refractivity contribution is 0.0947. The number of rotatable bonds is 5. The van der Waals surface area contributed by atoms with Crippen LogP contribution in [0.2, 0.25) is 0 Å². The van der Waals surface area contributed by atoms with Crippen LogP contribution in [0.3, 0.4) is 0 Å². The smallest absolute Gasteiger partial charge is 0.350 e. The van der Waals surface area contributed by atoms with Crippen LogP contribution in [0.25, 0.3) is 16.4 Å². The minimum Gasteiger partial charge on any atom is -0.351 e. The molecule has 0 spiro atoms. The van der Waals surface area contributed by atoms with Crippen LogP contribution in [0, 0.1) is 0 Å². The highest BCUT2D eigenvalue weighted by molar-refractivity contribution is 6.04. The highest BCUT2D eigenvalue weighted by Gasteiger charge is 2.15. The summed E-state index contributed by atoms with van der Waals surface area (Å²) in [6.07, 6.45) is 2.19. The maximum atomic E-state index is 12.6. The first-order valence-electron chi connectivity index (χ1n) is 8.85. The maximum Gasteiger partial charge on any atom is 0.350 e. The van der Waals surface area contributed by atoms with Crippen molar-refractivity contribution < 1.29 is 4.79 Å². The standard InChI is InChI=1S/C19H18N6O3/c1-23-18(27)14-8-3-2-7-13(14)16(22-23)17(26)20-10-6-12-25-19(28)24-11-5-4-9-15(24)21-25/h2-5,7-9,11H,6,10,12H2,1H3,(H,20,26). The fraction of sp³-hybridized carbons (Fsp3) is 0.211. The molecule has 0 atom stereocenters. The van der Waals surface area contributed by atoms with Gasteiger partial charge in [0.1, 0.15) is 0 Å². The predicted molar refractivity (Wildman–Crippen MR) is 103 cm³/mol. The Morgan fingerprint density at radius 1 is 1.04 bits per heavy atom. The van der Waals surface area contributed by atoms with Crippen LogP contribution >= 0.6 is 0 Å².